The summed E-state index contributed by atoms with van der Waals surface area (Å²) in [6.45, 7) is 2.50. The van der Waals surface area contributed by atoms with Crippen molar-refractivity contribution in [1.29, 1.82) is 0 Å². The summed E-state index contributed by atoms with van der Waals surface area (Å²) in [5.74, 6) is 0.952. The fraction of sp³-hybridized carbons (Fsp3) is 0.214. The molecule has 0 aliphatic heterocycles. The number of benzene rings is 1. The van der Waals surface area contributed by atoms with Crippen molar-refractivity contribution in [3.8, 4) is 5.75 Å². The number of anilines is 1. The van der Waals surface area contributed by atoms with Crippen molar-refractivity contribution >= 4 is 50.5 Å². The fourth-order valence-electron chi connectivity index (χ4n) is 1.69. The van der Waals surface area contributed by atoms with E-state index in [1.165, 1.54) is 11.3 Å². The van der Waals surface area contributed by atoms with Crippen molar-refractivity contribution < 1.29 is 9.53 Å². The lowest BCUT2D eigenvalue weighted by atomic mass is 10.2. The summed E-state index contributed by atoms with van der Waals surface area (Å²) >= 11 is 10.6. The van der Waals surface area contributed by atoms with Crippen LogP contribution in [0.5, 0.6) is 5.75 Å². The number of rotatable bonds is 5. The number of alkyl halides is 1. The zero-order chi connectivity index (χ0) is 14.5. The number of thiophene rings is 1. The van der Waals surface area contributed by atoms with Crippen LogP contribution in [0, 0.1) is 0 Å². The molecule has 1 aromatic heterocycles. The molecular weight excluding hydrogens is 362 g/mol. The molecule has 0 aliphatic carbocycles. The highest BCUT2D eigenvalue weighted by Crippen LogP contribution is 2.26. The molecular formula is C14H13BrClNO2S. The molecule has 106 valence electrons. The van der Waals surface area contributed by atoms with Crippen LogP contribution < -0.4 is 10.1 Å². The molecule has 2 rings (SSSR count). The summed E-state index contributed by atoms with van der Waals surface area (Å²) in [6.07, 6.45) is 0. The van der Waals surface area contributed by atoms with E-state index in [0.29, 0.717) is 23.1 Å². The van der Waals surface area contributed by atoms with Gasteiger partial charge in [-0.25, -0.2) is 0 Å². The van der Waals surface area contributed by atoms with Crippen LogP contribution in [0.15, 0.2) is 34.1 Å². The van der Waals surface area contributed by atoms with E-state index in [1.807, 2.05) is 31.2 Å². The Kier molecular flexibility index (Phi) is 5.46. The van der Waals surface area contributed by atoms with Gasteiger partial charge in [0.25, 0.3) is 5.91 Å². The average Bonchev–Trinajstić information content (AvgIpc) is 2.87. The molecule has 3 nitrogen and oxygen atoms in total. The number of carbonyl (C=O) groups is 1. The number of ether oxygens (including phenoxy) is 1. The van der Waals surface area contributed by atoms with E-state index in [9.17, 15) is 4.79 Å². The number of nitrogens with one attached hydrogen (secondary N) is 1. The number of halogens is 2. The van der Waals surface area contributed by atoms with E-state index in [4.69, 9.17) is 16.3 Å². The molecule has 1 aromatic carbocycles. The third-order valence-corrected chi connectivity index (χ3v) is 4.47. The first-order valence-corrected chi connectivity index (χ1v) is 8.16. The molecule has 0 saturated heterocycles. The zero-order valence-corrected chi connectivity index (χ0v) is 13.9. The smallest absolute Gasteiger partial charge is 0.265 e. The second kappa shape index (κ2) is 7.11. The third kappa shape index (κ3) is 3.75. The van der Waals surface area contributed by atoms with Gasteiger partial charge in [0.15, 0.2) is 0 Å². The number of carbonyl (C=O) groups excluding carboxylic acids is 1. The van der Waals surface area contributed by atoms with E-state index in [2.05, 4.69) is 21.2 Å². The van der Waals surface area contributed by atoms with Crippen LogP contribution in [-0.4, -0.2) is 12.5 Å². The highest BCUT2D eigenvalue weighted by molar-refractivity contribution is 9.11. The van der Waals surface area contributed by atoms with Gasteiger partial charge in [-0.15, -0.1) is 22.9 Å². The molecule has 0 bridgehead atoms. The second-order valence-electron chi connectivity index (χ2n) is 3.95. The second-order valence-corrected chi connectivity index (χ2v) is 6.68. The highest BCUT2D eigenvalue weighted by Gasteiger charge is 2.10. The van der Waals surface area contributed by atoms with Gasteiger partial charge in [-0.3, -0.25) is 4.79 Å². The standard InChI is InChI=1S/C14H13BrClNO2S/c1-2-19-11-4-3-10(7-9(11)8-16)17-14(18)12-5-6-13(15)20-12/h3-7H,2,8H2,1H3,(H,17,18). The van der Waals surface area contributed by atoms with E-state index < -0.39 is 0 Å². The maximum absolute atomic E-state index is 12.1. The van der Waals surface area contributed by atoms with Crippen LogP contribution in [0.1, 0.15) is 22.2 Å². The molecule has 0 spiro atoms. The van der Waals surface area contributed by atoms with Gasteiger partial charge in [0.1, 0.15) is 5.75 Å². The number of hydrogen-bond acceptors (Lipinski definition) is 3. The Morgan fingerprint density at radius 1 is 1.40 bits per heavy atom. The first-order chi connectivity index (χ1) is 9.63. The Hall–Kier alpha value is -1.04. The van der Waals surface area contributed by atoms with E-state index >= 15 is 0 Å². The van der Waals surface area contributed by atoms with Gasteiger partial charge in [0, 0.05) is 11.3 Å². The van der Waals surface area contributed by atoms with E-state index in [1.54, 1.807) is 6.07 Å². The minimum Gasteiger partial charge on any atom is -0.494 e. The quantitative estimate of drug-likeness (QED) is 0.756. The fourth-order valence-corrected chi connectivity index (χ4v) is 3.18. The summed E-state index contributed by atoms with van der Waals surface area (Å²) in [5.41, 5.74) is 1.57. The molecule has 1 N–H and O–H groups in total. The van der Waals surface area contributed by atoms with Gasteiger partial charge < -0.3 is 10.1 Å². The van der Waals surface area contributed by atoms with Crippen molar-refractivity contribution in [2.45, 2.75) is 12.8 Å². The summed E-state index contributed by atoms with van der Waals surface area (Å²) < 4.78 is 6.40. The zero-order valence-electron chi connectivity index (χ0n) is 10.8. The van der Waals surface area contributed by atoms with Gasteiger partial charge in [-0.05, 0) is 53.2 Å². The van der Waals surface area contributed by atoms with Crippen molar-refractivity contribution in [2.75, 3.05) is 11.9 Å². The molecule has 0 fully saturated rings. The van der Waals surface area contributed by atoms with Crippen molar-refractivity contribution in [1.82, 2.24) is 0 Å². The van der Waals surface area contributed by atoms with E-state index in [-0.39, 0.29) is 5.91 Å². The van der Waals surface area contributed by atoms with Crippen LogP contribution in [0.2, 0.25) is 0 Å². The van der Waals surface area contributed by atoms with Gasteiger partial charge in [0.05, 0.1) is 21.2 Å². The van der Waals surface area contributed by atoms with Crippen LogP contribution in [0.3, 0.4) is 0 Å². The molecule has 0 atom stereocenters. The predicted molar refractivity (Wildman–Crippen MR) is 87.1 cm³/mol. The van der Waals surface area contributed by atoms with Crippen molar-refractivity contribution in [3.05, 3.63) is 44.6 Å². The molecule has 1 amide bonds. The van der Waals surface area contributed by atoms with Crippen molar-refractivity contribution in [3.63, 3.8) is 0 Å². The Morgan fingerprint density at radius 3 is 2.80 bits per heavy atom. The number of hydrogen-bond donors (Lipinski definition) is 1. The third-order valence-electron chi connectivity index (χ3n) is 2.56. The lowest BCUT2D eigenvalue weighted by Crippen LogP contribution is -2.10. The molecule has 0 radical (unpaired) electrons. The molecule has 20 heavy (non-hydrogen) atoms. The largest absolute Gasteiger partial charge is 0.494 e. The number of amides is 1. The topological polar surface area (TPSA) is 38.3 Å². The summed E-state index contributed by atoms with van der Waals surface area (Å²) in [7, 11) is 0. The monoisotopic (exact) mass is 373 g/mol. The van der Waals surface area contributed by atoms with Gasteiger partial charge in [-0.2, -0.15) is 0 Å². The average molecular weight is 375 g/mol. The Bertz CT molecular complexity index is 615. The SMILES string of the molecule is CCOc1ccc(NC(=O)c2ccc(Br)s2)cc1CCl. The maximum Gasteiger partial charge on any atom is 0.265 e. The predicted octanol–water partition coefficient (Wildman–Crippen LogP) is 4.90. The van der Waals surface area contributed by atoms with Crippen molar-refractivity contribution in [2.24, 2.45) is 0 Å². The Balaban J connectivity index is 2.15. The van der Waals surface area contributed by atoms with Crippen LogP contribution in [0.25, 0.3) is 0 Å². The summed E-state index contributed by atoms with van der Waals surface area (Å²) in [5, 5.41) is 2.85. The summed E-state index contributed by atoms with van der Waals surface area (Å²) in [4.78, 5) is 12.7. The molecule has 6 heteroatoms. The Morgan fingerprint density at radius 2 is 2.20 bits per heavy atom. The van der Waals surface area contributed by atoms with Crippen LogP contribution >= 0.6 is 38.9 Å². The maximum atomic E-state index is 12.1. The molecule has 2 aromatic rings. The van der Waals surface area contributed by atoms with Gasteiger partial charge >= 0.3 is 0 Å². The first kappa shape index (κ1) is 15.4. The van der Waals surface area contributed by atoms with Crippen LogP contribution in [-0.2, 0) is 5.88 Å². The molecule has 0 unspecified atom stereocenters. The highest BCUT2D eigenvalue weighted by atomic mass is 79.9. The van der Waals surface area contributed by atoms with Gasteiger partial charge in [0.2, 0.25) is 0 Å². The molecule has 0 aliphatic rings. The minimum atomic E-state index is -0.134. The van der Waals surface area contributed by atoms with E-state index in [0.717, 1.165) is 15.1 Å². The molecule has 1 heterocycles. The summed E-state index contributed by atoms with van der Waals surface area (Å²) in [6, 6.07) is 9.09. The van der Waals surface area contributed by atoms with Gasteiger partial charge in [-0.1, -0.05) is 0 Å². The lowest BCUT2D eigenvalue weighted by Gasteiger charge is -2.10. The normalized spacial score (nSPS) is 10.3. The lowest BCUT2D eigenvalue weighted by molar-refractivity contribution is 0.103. The minimum absolute atomic E-state index is 0.134. The Labute approximate surface area is 135 Å². The van der Waals surface area contributed by atoms with Crippen LogP contribution in [0.4, 0.5) is 5.69 Å². The molecule has 0 saturated carbocycles. The first-order valence-electron chi connectivity index (χ1n) is 6.02.